The van der Waals surface area contributed by atoms with Gasteiger partial charge in [0.05, 0.1) is 18.5 Å². The van der Waals surface area contributed by atoms with Gasteiger partial charge in [0.1, 0.15) is 10.6 Å². The summed E-state index contributed by atoms with van der Waals surface area (Å²) in [5.74, 6) is 0.862. The van der Waals surface area contributed by atoms with E-state index in [1.54, 1.807) is 18.2 Å². The fourth-order valence-corrected chi connectivity index (χ4v) is 5.59. The summed E-state index contributed by atoms with van der Waals surface area (Å²) in [5.41, 5.74) is 4.05. The Morgan fingerprint density at radius 1 is 1.18 bits per heavy atom. The molecule has 2 aromatic carbocycles. The summed E-state index contributed by atoms with van der Waals surface area (Å²) in [7, 11) is -2.36. The van der Waals surface area contributed by atoms with Gasteiger partial charge in [-0.15, -0.1) is 0 Å². The Hall–Kier alpha value is -2.80. The van der Waals surface area contributed by atoms with E-state index in [-0.39, 0.29) is 10.9 Å². The molecule has 0 bridgehead atoms. The van der Waals surface area contributed by atoms with Crippen molar-refractivity contribution < 1.29 is 17.7 Å². The molecule has 1 atom stereocenters. The molecule has 1 aromatic heterocycles. The number of hydrogen-bond donors (Lipinski definition) is 0. The van der Waals surface area contributed by atoms with Crippen molar-refractivity contribution >= 4 is 15.7 Å². The molecule has 2 heterocycles. The first-order valence-electron chi connectivity index (χ1n) is 9.08. The van der Waals surface area contributed by atoms with Crippen LogP contribution < -0.4 is 9.04 Å². The number of methoxy groups -OCH3 is 1. The summed E-state index contributed by atoms with van der Waals surface area (Å²) in [6, 6.07) is 12.5. The monoisotopic (exact) mass is 398 g/mol. The van der Waals surface area contributed by atoms with Gasteiger partial charge in [0.25, 0.3) is 10.0 Å². The van der Waals surface area contributed by atoms with Gasteiger partial charge in [-0.25, -0.2) is 8.42 Å². The van der Waals surface area contributed by atoms with Crippen LogP contribution in [0.2, 0.25) is 0 Å². The summed E-state index contributed by atoms with van der Waals surface area (Å²) < 4.78 is 39.6. The Morgan fingerprint density at radius 3 is 2.61 bits per heavy atom. The predicted molar refractivity (Wildman–Crippen MR) is 107 cm³/mol. The smallest absolute Gasteiger partial charge is 0.268 e. The van der Waals surface area contributed by atoms with E-state index in [4.69, 9.17) is 9.26 Å². The Balaban J connectivity index is 1.88. The number of rotatable bonds is 4. The molecule has 0 spiro atoms. The van der Waals surface area contributed by atoms with Crippen LogP contribution in [0.3, 0.4) is 0 Å². The highest BCUT2D eigenvalue weighted by Crippen LogP contribution is 2.40. The molecule has 0 radical (unpaired) electrons. The van der Waals surface area contributed by atoms with E-state index in [1.807, 2.05) is 45.0 Å². The first-order chi connectivity index (χ1) is 13.3. The maximum atomic E-state index is 13.7. The maximum absolute atomic E-state index is 13.7. The molecular formula is C21H22N2O4S. The summed E-state index contributed by atoms with van der Waals surface area (Å²) in [4.78, 5) is 0.115. The van der Waals surface area contributed by atoms with Gasteiger partial charge in [-0.3, -0.25) is 4.31 Å². The summed E-state index contributed by atoms with van der Waals surface area (Å²) in [5, 5.41) is 3.98. The standard InChI is InChI=1S/C21H22N2O4S/c1-13-11-16-7-5-6-8-18(16)23(13)28(24,25)20-12-17(9-10-19(20)26-4)21-14(2)15(3)22-27-21/h5-10,12-13H,11H2,1-4H3/t13-/m0/s1. The molecule has 1 aliphatic rings. The van der Waals surface area contributed by atoms with Crippen molar-refractivity contribution in [2.75, 3.05) is 11.4 Å². The molecule has 0 saturated heterocycles. The van der Waals surface area contributed by atoms with Crippen LogP contribution in [0.4, 0.5) is 5.69 Å². The van der Waals surface area contributed by atoms with Crippen LogP contribution in [0, 0.1) is 13.8 Å². The highest BCUT2D eigenvalue weighted by atomic mass is 32.2. The van der Waals surface area contributed by atoms with Crippen LogP contribution >= 0.6 is 0 Å². The molecule has 0 aliphatic carbocycles. The van der Waals surface area contributed by atoms with Crippen LogP contribution in [0.5, 0.6) is 5.75 Å². The van der Waals surface area contributed by atoms with Crippen molar-refractivity contribution in [2.24, 2.45) is 0 Å². The second-order valence-corrected chi connectivity index (χ2v) is 8.85. The summed E-state index contributed by atoms with van der Waals surface area (Å²) >= 11 is 0. The van der Waals surface area contributed by atoms with Crippen LogP contribution in [-0.2, 0) is 16.4 Å². The van der Waals surface area contributed by atoms with Gasteiger partial charge in [-0.2, -0.15) is 0 Å². The molecule has 0 saturated carbocycles. The molecule has 7 heteroatoms. The normalized spacial score (nSPS) is 16.3. The zero-order chi connectivity index (χ0) is 20.1. The Morgan fingerprint density at radius 2 is 1.93 bits per heavy atom. The summed E-state index contributed by atoms with van der Waals surface area (Å²) in [6.45, 7) is 5.67. The second kappa shape index (κ2) is 6.67. The number of para-hydroxylation sites is 1. The largest absolute Gasteiger partial charge is 0.495 e. The van der Waals surface area contributed by atoms with Gasteiger partial charge in [0, 0.05) is 17.2 Å². The first kappa shape index (κ1) is 18.6. The Labute approximate surface area is 164 Å². The number of aromatic nitrogens is 1. The summed E-state index contributed by atoms with van der Waals surface area (Å²) in [6.07, 6.45) is 0.678. The zero-order valence-corrected chi connectivity index (χ0v) is 17.1. The lowest BCUT2D eigenvalue weighted by Gasteiger charge is -2.25. The van der Waals surface area contributed by atoms with E-state index in [0.717, 1.165) is 16.8 Å². The van der Waals surface area contributed by atoms with E-state index in [2.05, 4.69) is 5.16 Å². The van der Waals surface area contributed by atoms with Gasteiger partial charge in [0.2, 0.25) is 0 Å². The lowest BCUT2D eigenvalue weighted by atomic mass is 10.1. The number of nitrogens with zero attached hydrogens (tertiary/aromatic N) is 2. The van der Waals surface area contributed by atoms with Crippen molar-refractivity contribution in [1.29, 1.82) is 0 Å². The molecule has 1 aliphatic heterocycles. The minimum absolute atomic E-state index is 0.115. The number of hydrogen-bond acceptors (Lipinski definition) is 5. The van der Waals surface area contributed by atoms with Crippen molar-refractivity contribution in [1.82, 2.24) is 5.16 Å². The minimum Gasteiger partial charge on any atom is -0.495 e. The third kappa shape index (κ3) is 2.77. The number of fused-ring (bicyclic) bond motifs is 1. The Kier molecular flexibility index (Phi) is 4.42. The van der Waals surface area contributed by atoms with E-state index >= 15 is 0 Å². The topological polar surface area (TPSA) is 72.6 Å². The van der Waals surface area contributed by atoms with Gasteiger partial charge in [-0.1, -0.05) is 23.4 Å². The first-order valence-corrected chi connectivity index (χ1v) is 10.5. The van der Waals surface area contributed by atoms with E-state index in [9.17, 15) is 8.42 Å². The third-order valence-electron chi connectivity index (χ3n) is 5.26. The van der Waals surface area contributed by atoms with E-state index < -0.39 is 10.0 Å². The predicted octanol–water partition coefficient (Wildman–Crippen LogP) is 4.11. The number of sulfonamides is 1. The van der Waals surface area contributed by atoms with Crippen LogP contribution in [0.1, 0.15) is 23.7 Å². The van der Waals surface area contributed by atoms with Gasteiger partial charge < -0.3 is 9.26 Å². The van der Waals surface area contributed by atoms with Crippen molar-refractivity contribution in [3.63, 3.8) is 0 Å². The van der Waals surface area contributed by atoms with Crippen molar-refractivity contribution in [3.8, 4) is 17.1 Å². The quantitative estimate of drug-likeness (QED) is 0.661. The average molecular weight is 398 g/mol. The molecule has 28 heavy (non-hydrogen) atoms. The molecular weight excluding hydrogens is 376 g/mol. The van der Waals surface area contributed by atoms with Gasteiger partial charge in [-0.05, 0) is 57.0 Å². The van der Waals surface area contributed by atoms with Crippen molar-refractivity contribution in [3.05, 3.63) is 59.3 Å². The van der Waals surface area contributed by atoms with Gasteiger partial charge >= 0.3 is 0 Å². The van der Waals surface area contributed by atoms with E-state index in [0.29, 0.717) is 29.2 Å². The maximum Gasteiger partial charge on any atom is 0.268 e. The fraction of sp³-hybridized carbons (Fsp3) is 0.286. The molecule has 0 unspecified atom stereocenters. The van der Waals surface area contributed by atoms with Crippen LogP contribution in [-0.4, -0.2) is 26.7 Å². The SMILES string of the molecule is COc1ccc(-c2onc(C)c2C)cc1S(=O)(=O)N1c2ccccc2C[C@@H]1C. The Bertz CT molecular complexity index is 1150. The van der Waals surface area contributed by atoms with E-state index in [1.165, 1.54) is 11.4 Å². The molecule has 3 aromatic rings. The zero-order valence-electron chi connectivity index (χ0n) is 16.3. The number of benzene rings is 2. The molecule has 0 N–H and O–H groups in total. The number of aryl methyl sites for hydroxylation is 1. The lowest BCUT2D eigenvalue weighted by Crippen LogP contribution is -2.35. The second-order valence-electron chi connectivity index (χ2n) is 7.07. The highest BCUT2D eigenvalue weighted by molar-refractivity contribution is 7.93. The number of anilines is 1. The lowest BCUT2D eigenvalue weighted by molar-refractivity contribution is 0.402. The molecule has 0 amide bonds. The molecule has 146 valence electrons. The van der Waals surface area contributed by atoms with Crippen molar-refractivity contribution in [2.45, 2.75) is 38.1 Å². The average Bonchev–Trinajstić information content (AvgIpc) is 3.20. The fourth-order valence-electron chi connectivity index (χ4n) is 3.71. The van der Waals surface area contributed by atoms with Crippen LogP contribution in [0.15, 0.2) is 51.9 Å². The number of ether oxygens (including phenoxy) is 1. The minimum atomic E-state index is -3.83. The molecule has 6 nitrogen and oxygen atoms in total. The van der Waals surface area contributed by atoms with Gasteiger partial charge in [0.15, 0.2) is 5.76 Å². The third-order valence-corrected chi connectivity index (χ3v) is 7.21. The molecule has 0 fully saturated rings. The highest BCUT2D eigenvalue weighted by Gasteiger charge is 2.37. The molecule has 4 rings (SSSR count). The van der Waals surface area contributed by atoms with Crippen LogP contribution in [0.25, 0.3) is 11.3 Å².